The van der Waals surface area contributed by atoms with Gasteiger partial charge in [-0.15, -0.1) is 36.2 Å². The molecule has 1 atom stereocenters. The Bertz CT molecular complexity index is 661. The molecule has 1 fully saturated rings. The van der Waals surface area contributed by atoms with Gasteiger partial charge in [0.05, 0.1) is 11.0 Å². The van der Waals surface area contributed by atoms with Gasteiger partial charge in [0.1, 0.15) is 0 Å². The number of aryl methyl sites for hydroxylation is 1. The average Bonchev–Trinajstić information content (AvgIpc) is 3.04. The maximum absolute atomic E-state index is 11.2. The van der Waals surface area contributed by atoms with Gasteiger partial charge in [-0.05, 0) is 23.9 Å². The maximum atomic E-state index is 11.2. The number of halogens is 2. The summed E-state index contributed by atoms with van der Waals surface area (Å²) in [5.74, 6) is 0. The lowest BCUT2D eigenvalue weighted by Crippen LogP contribution is -2.45. The van der Waals surface area contributed by atoms with Gasteiger partial charge in [0.15, 0.2) is 0 Å². The predicted molar refractivity (Wildman–Crippen MR) is 103 cm³/mol. The molecule has 1 aliphatic rings. The van der Waals surface area contributed by atoms with Crippen LogP contribution in [0.3, 0.4) is 0 Å². The highest BCUT2D eigenvalue weighted by molar-refractivity contribution is 7.10. The number of nitrogens with zero attached hydrogens (tertiary/aromatic N) is 2. The quantitative estimate of drug-likeness (QED) is 0.637. The van der Waals surface area contributed by atoms with Crippen LogP contribution >= 0.6 is 36.2 Å². The van der Waals surface area contributed by atoms with E-state index in [0.29, 0.717) is 5.56 Å². The van der Waals surface area contributed by atoms with Crippen molar-refractivity contribution in [2.45, 2.75) is 13.0 Å². The standard InChI is InChI=1S/C16H19N3O2S.2ClH/c1-12-4-5-13(11-14(12)19(20)21)16(15-3-2-10-22-15)18-8-6-17-7-9-18;;/h2-5,10-11,16-17H,6-9H2,1H3;2*1H/t16-;;/m1../s1. The number of nitro benzene ring substituents is 1. The lowest BCUT2D eigenvalue weighted by molar-refractivity contribution is -0.385. The Morgan fingerprint density at radius 1 is 1.25 bits per heavy atom. The molecule has 0 bridgehead atoms. The van der Waals surface area contributed by atoms with E-state index in [-0.39, 0.29) is 41.5 Å². The molecule has 1 N–H and O–H groups in total. The number of nitrogens with one attached hydrogen (secondary N) is 1. The van der Waals surface area contributed by atoms with E-state index < -0.39 is 0 Å². The minimum absolute atomic E-state index is 0. The van der Waals surface area contributed by atoms with E-state index in [1.165, 1.54) is 4.88 Å². The molecule has 24 heavy (non-hydrogen) atoms. The summed E-state index contributed by atoms with van der Waals surface area (Å²) >= 11 is 1.71. The van der Waals surface area contributed by atoms with E-state index in [0.717, 1.165) is 31.7 Å². The summed E-state index contributed by atoms with van der Waals surface area (Å²) in [5.41, 5.74) is 1.91. The second-order valence-corrected chi connectivity index (χ2v) is 6.49. The van der Waals surface area contributed by atoms with Crippen molar-refractivity contribution < 1.29 is 4.92 Å². The molecule has 1 aromatic heterocycles. The Morgan fingerprint density at radius 2 is 1.96 bits per heavy atom. The minimum atomic E-state index is -0.290. The molecule has 1 aromatic carbocycles. The van der Waals surface area contributed by atoms with E-state index in [9.17, 15) is 10.1 Å². The van der Waals surface area contributed by atoms with Crippen molar-refractivity contribution in [2.75, 3.05) is 26.2 Å². The van der Waals surface area contributed by atoms with Gasteiger partial charge in [-0.1, -0.05) is 18.2 Å². The Morgan fingerprint density at radius 3 is 2.54 bits per heavy atom. The predicted octanol–water partition coefficient (Wildman–Crippen LogP) is 3.80. The van der Waals surface area contributed by atoms with Gasteiger partial charge in [0, 0.05) is 42.7 Å². The van der Waals surface area contributed by atoms with Crippen LogP contribution in [-0.2, 0) is 0 Å². The van der Waals surface area contributed by atoms with Crippen LogP contribution in [0, 0.1) is 17.0 Å². The van der Waals surface area contributed by atoms with Crippen LogP contribution in [0.15, 0.2) is 35.7 Å². The van der Waals surface area contributed by atoms with Crippen LogP contribution in [0.4, 0.5) is 5.69 Å². The fraction of sp³-hybridized carbons (Fsp3) is 0.375. The number of hydrogen-bond acceptors (Lipinski definition) is 5. The molecule has 2 heterocycles. The van der Waals surface area contributed by atoms with Crippen molar-refractivity contribution in [1.82, 2.24) is 10.2 Å². The third kappa shape index (κ3) is 4.46. The lowest BCUT2D eigenvalue weighted by Gasteiger charge is -2.34. The van der Waals surface area contributed by atoms with Crippen LogP contribution in [-0.4, -0.2) is 36.0 Å². The van der Waals surface area contributed by atoms with Crippen molar-refractivity contribution in [3.8, 4) is 0 Å². The summed E-state index contributed by atoms with van der Waals surface area (Å²) < 4.78 is 0. The molecule has 0 amide bonds. The van der Waals surface area contributed by atoms with Crippen LogP contribution in [0.5, 0.6) is 0 Å². The molecule has 8 heteroatoms. The second kappa shape index (κ2) is 9.34. The van der Waals surface area contributed by atoms with E-state index in [1.54, 1.807) is 24.3 Å². The molecule has 0 radical (unpaired) electrons. The van der Waals surface area contributed by atoms with E-state index in [4.69, 9.17) is 0 Å². The van der Waals surface area contributed by atoms with Crippen LogP contribution < -0.4 is 5.32 Å². The van der Waals surface area contributed by atoms with E-state index in [1.807, 2.05) is 18.2 Å². The molecule has 0 unspecified atom stereocenters. The minimum Gasteiger partial charge on any atom is -0.314 e. The number of hydrogen-bond donors (Lipinski definition) is 1. The molecule has 0 spiro atoms. The molecule has 132 valence electrons. The molecular weight excluding hydrogens is 369 g/mol. The largest absolute Gasteiger partial charge is 0.314 e. The summed E-state index contributed by atoms with van der Waals surface area (Å²) in [5, 5.41) is 16.7. The monoisotopic (exact) mass is 389 g/mol. The maximum Gasteiger partial charge on any atom is 0.272 e. The highest BCUT2D eigenvalue weighted by atomic mass is 35.5. The van der Waals surface area contributed by atoms with Crippen LogP contribution in [0.1, 0.15) is 22.0 Å². The number of nitro groups is 1. The third-order valence-electron chi connectivity index (χ3n) is 4.08. The van der Waals surface area contributed by atoms with Gasteiger partial charge in [0.2, 0.25) is 0 Å². The Labute approximate surface area is 158 Å². The smallest absolute Gasteiger partial charge is 0.272 e. The van der Waals surface area contributed by atoms with Gasteiger partial charge < -0.3 is 5.32 Å². The van der Waals surface area contributed by atoms with Gasteiger partial charge >= 0.3 is 0 Å². The van der Waals surface area contributed by atoms with Gasteiger partial charge in [-0.25, -0.2) is 0 Å². The first-order chi connectivity index (χ1) is 10.7. The number of thiophene rings is 1. The van der Waals surface area contributed by atoms with Crippen LogP contribution in [0.25, 0.3) is 0 Å². The summed E-state index contributed by atoms with van der Waals surface area (Å²) in [4.78, 5) is 14.6. The third-order valence-corrected chi connectivity index (χ3v) is 5.00. The zero-order valence-electron chi connectivity index (χ0n) is 13.3. The highest BCUT2D eigenvalue weighted by Crippen LogP contribution is 2.34. The van der Waals surface area contributed by atoms with E-state index in [2.05, 4.69) is 21.7 Å². The number of piperazine rings is 1. The first-order valence-electron chi connectivity index (χ1n) is 7.40. The van der Waals surface area contributed by atoms with Crippen molar-refractivity contribution in [3.63, 3.8) is 0 Å². The molecule has 3 rings (SSSR count). The summed E-state index contributed by atoms with van der Waals surface area (Å²) in [6.45, 7) is 5.59. The second-order valence-electron chi connectivity index (χ2n) is 5.51. The topological polar surface area (TPSA) is 58.4 Å². The molecule has 1 aliphatic heterocycles. The van der Waals surface area contributed by atoms with Gasteiger partial charge in [-0.3, -0.25) is 15.0 Å². The van der Waals surface area contributed by atoms with Gasteiger partial charge in [0.25, 0.3) is 5.69 Å². The van der Waals surface area contributed by atoms with Crippen molar-refractivity contribution in [2.24, 2.45) is 0 Å². The first kappa shape index (κ1) is 20.9. The SMILES string of the molecule is Cc1ccc([C@H](c2cccs2)N2CCNCC2)cc1[N+](=O)[O-].Cl.Cl. The zero-order chi connectivity index (χ0) is 15.5. The Kier molecular flexibility index (Phi) is 8.12. The first-order valence-corrected chi connectivity index (χ1v) is 8.28. The van der Waals surface area contributed by atoms with Crippen LogP contribution in [0.2, 0.25) is 0 Å². The van der Waals surface area contributed by atoms with Gasteiger partial charge in [-0.2, -0.15) is 0 Å². The van der Waals surface area contributed by atoms with E-state index >= 15 is 0 Å². The molecule has 1 saturated heterocycles. The zero-order valence-corrected chi connectivity index (χ0v) is 15.8. The summed E-state index contributed by atoms with van der Waals surface area (Å²) in [6, 6.07) is 9.87. The Balaban J connectivity index is 0.00000144. The van der Waals surface area contributed by atoms with Crippen molar-refractivity contribution in [3.05, 3.63) is 61.8 Å². The summed E-state index contributed by atoms with van der Waals surface area (Å²) in [7, 11) is 0. The molecular formula is C16H21Cl2N3O2S. The number of rotatable bonds is 4. The van der Waals surface area contributed by atoms with Crippen molar-refractivity contribution in [1.29, 1.82) is 0 Å². The number of benzene rings is 1. The average molecular weight is 390 g/mol. The fourth-order valence-electron chi connectivity index (χ4n) is 2.94. The summed E-state index contributed by atoms with van der Waals surface area (Å²) in [6.07, 6.45) is 0. The molecule has 5 nitrogen and oxygen atoms in total. The highest BCUT2D eigenvalue weighted by Gasteiger charge is 2.26. The molecule has 0 aliphatic carbocycles. The Hall–Kier alpha value is -1.18. The molecule has 2 aromatic rings. The molecule has 0 saturated carbocycles. The lowest BCUT2D eigenvalue weighted by atomic mass is 10.00. The fourth-order valence-corrected chi connectivity index (χ4v) is 3.82. The van der Waals surface area contributed by atoms with Crippen molar-refractivity contribution >= 4 is 41.8 Å². The normalized spacial score (nSPS) is 15.9.